The third-order valence-electron chi connectivity index (χ3n) is 3.94. The zero-order chi connectivity index (χ0) is 17.5. The number of aryl methyl sites for hydroxylation is 1. The monoisotopic (exact) mass is 338 g/mol. The van der Waals surface area contributed by atoms with Gasteiger partial charge in [0.1, 0.15) is 5.78 Å². The van der Waals surface area contributed by atoms with Crippen molar-refractivity contribution >= 4 is 23.5 Å². The van der Waals surface area contributed by atoms with E-state index in [4.69, 9.17) is 5.11 Å². The van der Waals surface area contributed by atoms with Crippen LogP contribution in [0.3, 0.4) is 0 Å². The fourth-order valence-corrected chi connectivity index (χ4v) is 2.77. The number of benzene rings is 1. The fourth-order valence-electron chi connectivity index (χ4n) is 2.77. The quantitative estimate of drug-likeness (QED) is 0.283. The third-order valence-corrected chi connectivity index (χ3v) is 3.94. The number of fused-ring (bicyclic) bond motifs is 1. The molecule has 0 spiro atoms. The Labute approximate surface area is 158 Å². The number of carboxylic acid groups (broad SMARTS) is 1. The van der Waals surface area contributed by atoms with Crippen molar-refractivity contribution in [1.82, 2.24) is 0 Å². The number of aliphatic carboxylic acids is 1. The molecule has 1 aromatic carbocycles. The molecule has 0 saturated carbocycles. The van der Waals surface area contributed by atoms with Gasteiger partial charge in [0, 0.05) is 18.4 Å². The number of methoxy groups -OCH3 is 1. The summed E-state index contributed by atoms with van der Waals surface area (Å²) < 4.78 is 4.45. The zero-order valence-electron chi connectivity index (χ0n) is 14.4. The van der Waals surface area contributed by atoms with E-state index in [1.165, 1.54) is 7.11 Å². The van der Waals surface area contributed by atoms with Crippen molar-refractivity contribution < 1.29 is 43.4 Å². The van der Waals surface area contributed by atoms with E-state index in [1.807, 2.05) is 24.3 Å². The molecular formula is C17H19LiN2O5. The van der Waals surface area contributed by atoms with Crippen LogP contribution in [0.1, 0.15) is 36.8 Å². The van der Waals surface area contributed by atoms with E-state index in [-0.39, 0.29) is 43.9 Å². The molecule has 0 saturated heterocycles. The number of nitrogens with zero attached hydrogens (tertiary/aromatic N) is 2. The summed E-state index contributed by atoms with van der Waals surface area (Å²) in [4.78, 5) is 23.1. The van der Waals surface area contributed by atoms with Gasteiger partial charge in [-0.15, -0.1) is 5.10 Å². The van der Waals surface area contributed by atoms with E-state index in [2.05, 4.69) is 14.9 Å². The SMILES string of the molecule is CO/C([O-])=N/N=C1/c2ccccc2CCC1C(=O)CCCC(=O)O.[Li+]. The van der Waals surface area contributed by atoms with E-state index in [9.17, 15) is 14.7 Å². The number of ketones is 1. The maximum Gasteiger partial charge on any atom is 1.00 e. The van der Waals surface area contributed by atoms with Gasteiger partial charge in [0.15, 0.2) is 6.08 Å². The van der Waals surface area contributed by atoms with Gasteiger partial charge in [0.2, 0.25) is 0 Å². The Hall–Kier alpha value is -2.10. The number of ether oxygens (including phenoxy) is 1. The minimum Gasteiger partial charge on any atom is -0.602 e. The first kappa shape index (κ1) is 20.9. The number of Topliss-reactive ketones (excluding diaryl/α,β-unsaturated/α-hetero) is 1. The molecule has 8 heteroatoms. The Bertz CT molecular complexity index is 687. The van der Waals surface area contributed by atoms with Gasteiger partial charge in [-0.25, -0.2) is 0 Å². The Morgan fingerprint density at radius 1 is 1.32 bits per heavy atom. The molecule has 7 nitrogen and oxygen atoms in total. The molecule has 0 fully saturated rings. The van der Waals surface area contributed by atoms with Gasteiger partial charge in [0.05, 0.1) is 11.6 Å². The van der Waals surface area contributed by atoms with Crippen LogP contribution in [0.5, 0.6) is 0 Å². The smallest absolute Gasteiger partial charge is 0.602 e. The summed E-state index contributed by atoms with van der Waals surface area (Å²) in [6.07, 6.45) is 0.863. The van der Waals surface area contributed by atoms with Gasteiger partial charge in [-0.2, -0.15) is 5.10 Å². The molecule has 0 aliphatic heterocycles. The van der Waals surface area contributed by atoms with Crippen LogP contribution in [-0.4, -0.2) is 35.8 Å². The van der Waals surface area contributed by atoms with Crippen LogP contribution in [0, 0.1) is 5.92 Å². The van der Waals surface area contributed by atoms with E-state index in [0.29, 0.717) is 12.1 Å². The first-order valence-corrected chi connectivity index (χ1v) is 7.72. The normalized spacial score (nSPS) is 18.2. The molecule has 1 aliphatic rings. The Morgan fingerprint density at radius 2 is 2.04 bits per heavy atom. The molecule has 1 unspecified atom stereocenters. The Morgan fingerprint density at radius 3 is 2.72 bits per heavy atom. The van der Waals surface area contributed by atoms with Crippen LogP contribution in [0.15, 0.2) is 34.5 Å². The summed E-state index contributed by atoms with van der Waals surface area (Å²) >= 11 is 0. The number of carbonyl (C=O) groups is 2. The molecule has 1 aromatic rings. The minimum atomic E-state index is -0.925. The number of hydrogen-bond donors (Lipinski definition) is 1. The number of hydrogen-bond acceptors (Lipinski definition) is 6. The van der Waals surface area contributed by atoms with E-state index in [0.717, 1.165) is 17.5 Å². The summed E-state index contributed by atoms with van der Waals surface area (Å²) in [5.41, 5.74) is 2.29. The van der Waals surface area contributed by atoms with Crippen LogP contribution < -0.4 is 24.0 Å². The summed E-state index contributed by atoms with van der Waals surface area (Å²) in [5, 5.41) is 27.4. The van der Waals surface area contributed by atoms with Crippen molar-refractivity contribution in [1.29, 1.82) is 0 Å². The summed E-state index contributed by atoms with van der Waals surface area (Å²) in [6.45, 7) is 0. The molecule has 128 valence electrons. The molecule has 1 aliphatic carbocycles. The largest absolute Gasteiger partial charge is 1.00 e. The Kier molecular flexibility index (Phi) is 8.39. The summed E-state index contributed by atoms with van der Waals surface area (Å²) in [5.74, 6) is -1.49. The van der Waals surface area contributed by atoms with Crippen LogP contribution in [0.25, 0.3) is 0 Å². The standard InChI is InChI=1S/C17H20N2O5.Li/c1-24-17(23)19-18-16-12-6-3-2-5-11(12)9-10-13(16)14(20)7-4-8-15(21)22;/h2-3,5-6,13H,4,7-10H2,1H3,(H,19,23)(H,21,22);/q;+1/p-1/b18-16-;. The number of carboxylic acids is 1. The maximum absolute atomic E-state index is 12.5. The average Bonchev–Trinajstić information content (AvgIpc) is 2.58. The second kappa shape index (κ2) is 10.0. The van der Waals surface area contributed by atoms with Crippen LogP contribution in [0.2, 0.25) is 0 Å². The van der Waals surface area contributed by atoms with Crippen LogP contribution >= 0.6 is 0 Å². The van der Waals surface area contributed by atoms with Crippen molar-refractivity contribution in [2.24, 2.45) is 16.1 Å². The predicted octanol–water partition coefficient (Wildman–Crippen LogP) is -1.86. The number of rotatable bonds is 6. The van der Waals surface area contributed by atoms with Crippen molar-refractivity contribution in [3.63, 3.8) is 0 Å². The van der Waals surface area contributed by atoms with Crippen molar-refractivity contribution in [2.45, 2.75) is 32.1 Å². The first-order valence-electron chi connectivity index (χ1n) is 7.72. The van der Waals surface area contributed by atoms with E-state index < -0.39 is 18.0 Å². The molecule has 1 atom stereocenters. The molecule has 0 radical (unpaired) electrons. The maximum atomic E-state index is 12.5. The van der Waals surface area contributed by atoms with Gasteiger partial charge in [-0.05, 0) is 31.9 Å². The van der Waals surface area contributed by atoms with Crippen molar-refractivity contribution in [3.05, 3.63) is 35.4 Å². The predicted molar refractivity (Wildman–Crippen MR) is 85.7 cm³/mol. The summed E-state index contributed by atoms with van der Waals surface area (Å²) in [7, 11) is 1.20. The first-order chi connectivity index (χ1) is 11.5. The topological polar surface area (TPSA) is 111 Å². The van der Waals surface area contributed by atoms with Crippen molar-refractivity contribution in [2.75, 3.05) is 7.11 Å². The fraction of sp³-hybridized carbons (Fsp3) is 0.412. The van der Waals surface area contributed by atoms with Gasteiger partial charge in [0.25, 0.3) is 0 Å². The molecule has 2 rings (SSSR count). The van der Waals surface area contributed by atoms with Gasteiger partial charge >= 0.3 is 24.8 Å². The van der Waals surface area contributed by atoms with Gasteiger partial charge in [-0.1, -0.05) is 24.3 Å². The third kappa shape index (κ3) is 5.73. The minimum absolute atomic E-state index is 0. The van der Waals surface area contributed by atoms with Gasteiger partial charge < -0.3 is 14.9 Å². The molecule has 25 heavy (non-hydrogen) atoms. The zero-order valence-corrected chi connectivity index (χ0v) is 14.4. The Balaban J connectivity index is 0.00000312. The van der Waals surface area contributed by atoms with Crippen molar-refractivity contribution in [3.8, 4) is 0 Å². The van der Waals surface area contributed by atoms with E-state index >= 15 is 0 Å². The van der Waals surface area contributed by atoms with E-state index in [1.54, 1.807) is 0 Å². The van der Waals surface area contributed by atoms with Crippen LogP contribution in [-0.2, 0) is 20.7 Å². The van der Waals surface area contributed by atoms with Gasteiger partial charge in [-0.3, -0.25) is 9.59 Å². The average molecular weight is 338 g/mol. The second-order valence-electron chi connectivity index (χ2n) is 5.52. The molecule has 0 heterocycles. The molecule has 1 N–H and O–H groups in total. The second-order valence-corrected chi connectivity index (χ2v) is 5.52. The molecule has 0 aromatic heterocycles. The molecular weight excluding hydrogens is 319 g/mol. The molecule has 0 bridgehead atoms. The summed E-state index contributed by atoms with van der Waals surface area (Å²) in [6, 6.07) is 7.54. The molecule has 0 amide bonds. The number of carbonyl (C=O) groups excluding carboxylic acids is 1. The van der Waals surface area contributed by atoms with Crippen LogP contribution in [0.4, 0.5) is 0 Å².